The molecular formula is C40H27N3. The van der Waals surface area contributed by atoms with Gasteiger partial charge >= 0.3 is 0 Å². The highest BCUT2D eigenvalue weighted by Gasteiger charge is 2.52. The molecule has 1 atom stereocenters. The Morgan fingerprint density at radius 3 is 1.67 bits per heavy atom. The number of benzene rings is 5. The van der Waals surface area contributed by atoms with Crippen molar-refractivity contribution in [1.29, 1.82) is 0 Å². The first-order valence-corrected chi connectivity index (χ1v) is 14.9. The average molecular weight is 550 g/mol. The molecule has 1 unspecified atom stereocenters. The second-order valence-electron chi connectivity index (χ2n) is 11.5. The molecule has 0 saturated heterocycles. The van der Waals surface area contributed by atoms with Crippen molar-refractivity contribution in [2.75, 3.05) is 0 Å². The lowest BCUT2D eigenvalue weighted by Crippen LogP contribution is -2.27. The number of fused-ring (bicyclic) bond motifs is 9. The van der Waals surface area contributed by atoms with Crippen molar-refractivity contribution in [2.24, 2.45) is 0 Å². The van der Waals surface area contributed by atoms with E-state index in [9.17, 15) is 0 Å². The van der Waals surface area contributed by atoms with Crippen molar-refractivity contribution < 1.29 is 0 Å². The molecule has 3 heteroatoms. The second-order valence-corrected chi connectivity index (χ2v) is 11.5. The Hall–Kier alpha value is -5.41. The molecule has 0 aliphatic heterocycles. The Labute approximate surface area is 251 Å². The van der Waals surface area contributed by atoms with E-state index in [0.717, 1.165) is 29.5 Å². The summed E-state index contributed by atoms with van der Waals surface area (Å²) in [5, 5.41) is 0. The van der Waals surface area contributed by atoms with Crippen LogP contribution < -0.4 is 0 Å². The van der Waals surface area contributed by atoms with Crippen LogP contribution in [0.1, 0.15) is 35.1 Å². The third-order valence-electron chi connectivity index (χ3n) is 9.23. The van der Waals surface area contributed by atoms with Gasteiger partial charge in [0, 0.05) is 16.7 Å². The number of hydrogen-bond acceptors (Lipinski definition) is 3. The SMILES string of the molecule is C1=CC2=C(CC1)c1ccccc1C21c2ccccc2-c2ccc(-c3nc(-c4ccccc4)nc(-c4ccccc4)n3)cc21. The molecule has 0 N–H and O–H groups in total. The molecule has 3 aliphatic rings. The summed E-state index contributed by atoms with van der Waals surface area (Å²) in [6, 6.07) is 45.1. The summed E-state index contributed by atoms with van der Waals surface area (Å²) >= 11 is 0. The quantitative estimate of drug-likeness (QED) is 0.221. The van der Waals surface area contributed by atoms with Crippen LogP contribution in [0, 0.1) is 0 Å². The van der Waals surface area contributed by atoms with Gasteiger partial charge < -0.3 is 0 Å². The van der Waals surface area contributed by atoms with Crippen molar-refractivity contribution in [1.82, 2.24) is 15.0 Å². The van der Waals surface area contributed by atoms with Gasteiger partial charge in [0.2, 0.25) is 0 Å². The maximum Gasteiger partial charge on any atom is 0.164 e. The summed E-state index contributed by atoms with van der Waals surface area (Å²) in [6.07, 6.45) is 6.88. The minimum atomic E-state index is -0.359. The van der Waals surface area contributed by atoms with Gasteiger partial charge in [-0.25, -0.2) is 15.0 Å². The van der Waals surface area contributed by atoms with Crippen LogP contribution in [0.15, 0.2) is 145 Å². The lowest BCUT2D eigenvalue weighted by Gasteiger charge is -2.32. The highest BCUT2D eigenvalue weighted by molar-refractivity contribution is 5.96. The smallest absolute Gasteiger partial charge is 0.164 e. The van der Waals surface area contributed by atoms with E-state index >= 15 is 0 Å². The van der Waals surface area contributed by atoms with Crippen molar-refractivity contribution in [3.8, 4) is 45.3 Å². The molecule has 1 heterocycles. The van der Waals surface area contributed by atoms with Gasteiger partial charge in [-0.3, -0.25) is 0 Å². The number of nitrogens with zero attached hydrogens (tertiary/aromatic N) is 3. The standard InChI is InChI=1S/C40H27N3/c1-3-13-26(14-4-1)37-41-38(27-15-5-2-6-16-27)43-39(42-37)28-23-24-32-31-19-9-12-22-35(31)40(36(32)25-28)33-20-10-7-17-29(33)30-18-8-11-21-34(30)40/h1-7,9-17,19-25H,8,18H2. The Balaban J connectivity index is 1.31. The van der Waals surface area contributed by atoms with Gasteiger partial charge in [-0.05, 0) is 63.4 Å². The largest absolute Gasteiger partial charge is 0.208 e. The van der Waals surface area contributed by atoms with E-state index in [4.69, 9.17) is 15.0 Å². The van der Waals surface area contributed by atoms with Crippen LogP contribution in [0.4, 0.5) is 0 Å². The first kappa shape index (κ1) is 24.2. The minimum Gasteiger partial charge on any atom is -0.208 e. The average Bonchev–Trinajstić information content (AvgIpc) is 3.56. The van der Waals surface area contributed by atoms with Gasteiger partial charge in [0.1, 0.15) is 0 Å². The molecule has 0 saturated carbocycles. The maximum absolute atomic E-state index is 5.07. The second kappa shape index (κ2) is 9.30. The monoisotopic (exact) mass is 549 g/mol. The van der Waals surface area contributed by atoms with Crippen LogP contribution in [-0.4, -0.2) is 15.0 Å². The fraction of sp³-hybridized carbons (Fsp3) is 0.0750. The summed E-state index contributed by atoms with van der Waals surface area (Å²) < 4.78 is 0. The summed E-state index contributed by atoms with van der Waals surface area (Å²) in [5.41, 5.74) is 13.5. The van der Waals surface area contributed by atoms with Gasteiger partial charge in [0.05, 0.1) is 5.41 Å². The van der Waals surface area contributed by atoms with Gasteiger partial charge in [-0.2, -0.15) is 0 Å². The van der Waals surface area contributed by atoms with Gasteiger partial charge in [-0.15, -0.1) is 0 Å². The lowest BCUT2D eigenvalue weighted by atomic mass is 9.69. The Morgan fingerprint density at radius 2 is 1.00 bits per heavy atom. The minimum absolute atomic E-state index is 0.359. The zero-order chi connectivity index (χ0) is 28.4. The van der Waals surface area contributed by atoms with E-state index < -0.39 is 0 Å². The molecular weight excluding hydrogens is 522 g/mol. The van der Waals surface area contributed by atoms with E-state index in [0.29, 0.717) is 17.5 Å². The van der Waals surface area contributed by atoms with E-state index in [-0.39, 0.29) is 5.41 Å². The van der Waals surface area contributed by atoms with Crippen LogP contribution in [0.5, 0.6) is 0 Å². The first-order valence-electron chi connectivity index (χ1n) is 14.9. The maximum atomic E-state index is 5.07. The molecule has 0 amide bonds. The Morgan fingerprint density at radius 1 is 0.465 bits per heavy atom. The van der Waals surface area contributed by atoms with Crippen LogP contribution in [0.3, 0.4) is 0 Å². The molecule has 43 heavy (non-hydrogen) atoms. The molecule has 5 aromatic carbocycles. The molecule has 1 aromatic heterocycles. The fourth-order valence-corrected chi connectivity index (χ4v) is 7.45. The predicted octanol–water partition coefficient (Wildman–Crippen LogP) is 9.30. The van der Waals surface area contributed by atoms with Crippen LogP contribution in [0.2, 0.25) is 0 Å². The molecule has 9 rings (SSSR count). The zero-order valence-corrected chi connectivity index (χ0v) is 23.5. The van der Waals surface area contributed by atoms with Crippen molar-refractivity contribution in [3.63, 3.8) is 0 Å². The van der Waals surface area contributed by atoms with Crippen LogP contribution in [0.25, 0.3) is 50.9 Å². The van der Waals surface area contributed by atoms with Crippen molar-refractivity contribution in [3.05, 3.63) is 167 Å². The number of aromatic nitrogens is 3. The summed E-state index contributed by atoms with van der Waals surface area (Å²) in [4.78, 5) is 15.1. The van der Waals surface area contributed by atoms with Gasteiger partial charge in [0.15, 0.2) is 17.5 Å². The topological polar surface area (TPSA) is 38.7 Å². The number of hydrogen-bond donors (Lipinski definition) is 0. The molecule has 3 nitrogen and oxygen atoms in total. The summed E-state index contributed by atoms with van der Waals surface area (Å²) in [7, 11) is 0. The van der Waals surface area contributed by atoms with Crippen LogP contribution in [-0.2, 0) is 5.41 Å². The number of allylic oxidation sites excluding steroid dienone is 4. The van der Waals surface area contributed by atoms with E-state index in [1.165, 1.54) is 44.5 Å². The summed E-state index contributed by atoms with van der Waals surface area (Å²) in [5.74, 6) is 2.03. The molecule has 1 spiro atoms. The molecule has 0 bridgehead atoms. The molecule has 202 valence electrons. The molecule has 0 radical (unpaired) electrons. The molecule has 3 aliphatic carbocycles. The first-order chi connectivity index (χ1) is 21.3. The van der Waals surface area contributed by atoms with E-state index in [2.05, 4.69) is 103 Å². The van der Waals surface area contributed by atoms with Gasteiger partial charge in [0.25, 0.3) is 0 Å². The predicted molar refractivity (Wildman–Crippen MR) is 173 cm³/mol. The fourth-order valence-electron chi connectivity index (χ4n) is 7.45. The third kappa shape index (κ3) is 3.45. The zero-order valence-electron chi connectivity index (χ0n) is 23.5. The lowest BCUT2D eigenvalue weighted by molar-refractivity contribution is 0.780. The number of rotatable bonds is 3. The molecule has 0 fully saturated rings. The normalized spacial score (nSPS) is 17.5. The van der Waals surface area contributed by atoms with E-state index in [1.54, 1.807) is 0 Å². The van der Waals surface area contributed by atoms with Crippen LogP contribution >= 0.6 is 0 Å². The Kier molecular flexibility index (Phi) is 5.24. The van der Waals surface area contributed by atoms with Crippen molar-refractivity contribution in [2.45, 2.75) is 18.3 Å². The van der Waals surface area contributed by atoms with E-state index in [1.807, 2.05) is 36.4 Å². The highest BCUT2D eigenvalue weighted by Crippen LogP contribution is 2.63. The van der Waals surface area contributed by atoms with Crippen molar-refractivity contribution >= 4 is 5.57 Å². The molecule has 6 aromatic rings. The summed E-state index contributed by atoms with van der Waals surface area (Å²) in [6.45, 7) is 0. The Bertz CT molecular complexity index is 2070. The van der Waals surface area contributed by atoms with Gasteiger partial charge in [-0.1, -0.05) is 133 Å². The highest BCUT2D eigenvalue weighted by atomic mass is 15.0. The third-order valence-corrected chi connectivity index (χ3v) is 9.23.